The first-order valence-corrected chi connectivity index (χ1v) is 9.32. The quantitative estimate of drug-likeness (QED) is 0.915. The van der Waals surface area contributed by atoms with E-state index in [0.717, 1.165) is 12.0 Å². The number of thiophene rings is 2. The zero-order chi connectivity index (χ0) is 15.4. The van der Waals surface area contributed by atoms with E-state index >= 15 is 0 Å². The minimum absolute atomic E-state index is 0.00350. The molecule has 3 rings (SSSR count). The van der Waals surface area contributed by atoms with Crippen LogP contribution in [0.3, 0.4) is 0 Å². The number of hydrogen-bond donors (Lipinski definition) is 1. The van der Waals surface area contributed by atoms with Crippen LogP contribution in [-0.2, 0) is 4.74 Å². The highest BCUT2D eigenvalue weighted by atomic mass is 32.1. The average Bonchev–Trinajstić information content (AvgIpc) is 3.25. The first-order valence-electron chi connectivity index (χ1n) is 7.50. The Morgan fingerprint density at radius 1 is 1.50 bits per heavy atom. The van der Waals surface area contributed by atoms with Crippen LogP contribution in [0.4, 0.5) is 4.79 Å². The van der Waals surface area contributed by atoms with Crippen LogP contribution in [0.5, 0.6) is 0 Å². The van der Waals surface area contributed by atoms with Gasteiger partial charge in [0.2, 0.25) is 0 Å². The Balaban J connectivity index is 1.62. The number of urea groups is 1. The van der Waals surface area contributed by atoms with Crippen LogP contribution in [0.2, 0.25) is 0 Å². The Morgan fingerprint density at radius 3 is 3.09 bits per heavy atom. The van der Waals surface area contributed by atoms with Crippen molar-refractivity contribution in [1.29, 1.82) is 0 Å². The zero-order valence-corrected chi connectivity index (χ0v) is 14.2. The fourth-order valence-corrected chi connectivity index (χ4v) is 4.16. The van der Waals surface area contributed by atoms with Gasteiger partial charge in [0.05, 0.1) is 19.2 Å². The number of carbonyl (C=O) groups is 1. The van der Waals surface area contributed by atoms with Crippen molar-refractivity contribution in [1.82, 2.24) is 10.2 Å². The van der Waals surface area contributed by atoms with Crippen LogP contribution in [0.15, 0.2) is 34.3 Å². The van der Waals surface area contributed by atoms with Gasteiger partial charge in [-0.2, -0.15) is 11.3 Å². The molecule has 22 heavy (non-hydrogen) atoms. The molecule has 1 saturated heterocycles. The molecular formula is C16H20N2O2S2. The van der Waals surface area contributed by atoms with Gasteiger partial charge in [0.25, 0.3) is 0 Å². The number of nitrogens with one attached hydrogen (secondary N) is 1. The van der Waals surface area contributed by atoms with Crippen LogP contribution in [0.25, 0.3) is 0 Å². The summed E-state index contributed by atoms with van der Waals surface area (Å²) in [6.07, 6.45) is 0.887. The SMILES string of the molecule is CC[C@H](NC(=O)N1CCO[C@H](c2ccsc2)C1)c1cccs1. The first kappa shape index (κ1) is 15.5. The molecule has 6 heteroatoms. The van der Waals surface area contributed by atoms with Gasteiger partial charge in [0.15, 0.2) is 0 Å². The molecule has 0 unspecified atom stereocenters. The van der Waals surface area contributed by atoms with Gasteiger partial charge in [-0.15, -0.1) is 11.3 Å². The van der Waals surface area contributed by atoms with Gasteiger partial charge in [0, 0.05) is 11.4 Å². The summed E-state index contributed by atoms with van der Waals surface area (Å²) < 4.78 is 5.79. The van der Waals surface area contributed by atoms with Crippen LogP contribution < -0.4 is 5.32 Å². The summed E-state index contributed by atoms with van der Waals surface area (Å²) in [6.45, 7) is 3.94. The Hall–Kier alpha value is -1.37. The molecule has 2 aromatic heterocycles. The maximum absolute atomic E-state index is 12.5. The lowest BCUT2D eigenvalue weighted by Gasteiger charge is -2.33. The lowest BCUT2D eigenvalue weighted by Crippen LogP contribution is -2.47. The number of carbonyl (C=O) groups excluding carboxylic acids is 1. The second-order valence-electron chi connectivity index (χ2n) is 5.29. The lowest BCUT2D eigenvalue weighted by molar-refractivity contribution is -0.0155. The topological polar surface area (TPSA) is 41.6 Å². The number of rotatable bonds is 4. The van der Waals surface area contributed by atoms with Crippen molar-refractivity contribution < 1.29 is 9.53 Å². The number of nitrogens with zero attached hydrogens (tertiary/aromatic N) is 1. The van der Waals surface area contributed by atoms with Crippen molar-refractivity contribution in [3.8, 4) is 0 Å². The summed E-state index contributed by atoms with van der Waals surface area (Å²) >= 11 is 3.34. The van der Waals surface area contributed by atoms with Gasteiger partial charge in [-0.25, -0.2) is 4.79 Å². The molecule has 0 spiro atoms. The summed E-state index contributed by atoms with van der Waals surface area (Å²) in [5, 5.41) is 9.33. The highest BCUT2D eigenvalue weighted by Crippen LogP contribution is 2.25. The highest BCUT2D eigenvalue weighted by molar-refractivity contribution is 7.10. The predicted octanol–water partition coefficient (Wildman–Crippen LogP) is 4.04. The molecular weight excluding hydrogens is 316 g/mol. The van der Waals surface area contributed by atoms with Crippen LogP contribution in [0, 0.1) is 0 Å². The van der Waals surface area contributed by atoms with E-state index in [1.807, 2.05) is 21.7 Å². The smallest absolute Gasteiger partial charge is 0.318 e. The Labute approximate surface area is 138 Å². The van der Waals surface area contributed by atoms with E-state index in [2.05, 4.69) is 29.8 Å². The third-order valence-corrected chi connectivity index (χ3v) is 5.55. The van der Waals surface area contributed by atoms with Crippen LogP contribution in [0.1, 0.15) is 35.9 Å². The van der Waals surface area contributed by atoms with E-state index < -0.39 is 0 Å². The average molecular weight is 336 g/mol. The van der Waals surface area contributed by atoms with Crippen molar-refractivity contribution in [3.63, 3.8) is 0 Å². The van der Waals surface area contributed by atoms with Gasteiger partial charge in [0.1, 0.15) is 6.10 Å². The Morgan fingerprint density at radius 2 is 2.41 bits per heavy atom. The molecule has 1 aliphatic heterocycles. The van der Waals surface area contributed by atoms with Crippen LogP contribution in [-0.4, -0.2) is 30.6 Å². The van der Waals surface area contributed by atoms with E-state index in [4.69, 9.17) is 4.74 Å². The van der Waals surface area contributed by atoms with Crippen molar-refractivity contribution in [2.24, 2.45) is 0 Å². The summed E-state index contributed by atoms with van der Waals surface area (Å²) in [5.74, 6) is 0. The molecule has 1 fully saturated rings. The standard InChI is InChI=1S/C16H20N2O2S2/c1-2-13(15-4-3-8-22-15)17-16(19)18-6-7-20-14(10-18)12-5-9-21-11-12/h3-5,8-9,11,13-14H,2,6-7,10H2,1H3,(H,17,19)/t13-,14-/m0/s1. The van der Waals surface area contributed by atoms with E-state index in [1.54, 1.807) is 22.7 Å². The zero-order valence-electron chi connectivity index (χ0n) is 12.5. The molecule has 0 radical (unpaired) electrons. The monoisotopic (exact) mass is 336 g/mol. The Bertz CT molecular complexity index is 583. The second kappa shape index (κ2) is 7.26. The molecule has 3 heterocycles. The van der Waals surface area contributed by atoms with Gasteiger partial charge < -0.3 is 15.0 Å². The van der Waals surface area contributed by atoms with Gasteiger partial charge in [-0.1, -0.05) is 13.0 Å². The Kier molecular flexibility index (Phi) is 5.12. The maximum atomic E-state index is 12.5. The molecule has 1 aliphatic rings. The summed E-state index contributed by atoms with van der Waals surface area (Å²) in [5.41, 5.74) is 1.16. The van der Waals surface area contributed by atoms with E-state index in [0.29, 0.717) is 19.7 Å². The second-order valence-corrected chi connectivity index (χ2v) is 7.05. The predicted molar refractivity (Wildman–Crippen MR) is 90.5 cm³/mol. The third kappa shape index (κ3) is 3.51. The fraction of sp³-hybridized carbons (Fsp3) is 0.438. The molecule has 2 aromatic rings. The fourth-order valence-electron chi connectivity index (χ4n) is 2.60. The maximum Gasteiger partial charge on any atom is 0.318 e. The number of morpholine rings is 1. The van der Waals surface area contributed by atoms with Crippen LogP contribution >= 0.6 is 22.7 Å². The normalized spacial score (nSPS) is 19.9. The minimum atomic E-state index is -0.00688. The van der Waals surface area contributed by atoms with E-state index in [-0.39, 0.29) is 18.2 Å². The largest absolute Gasteiger partial charge is 0.370 e. The number of hydrogen-bond acceptors (Lipinski definition) is 4. The third-order valence-electron chi connectivity index (χ3n) is 3.86. The molecule has 0 aliphatic carbocycles. The van der Waals surface area contributed by atoms with Gasteiger partial charge in [-0.05, 0) is 40.3 Å². The molecule has 2 amide bonds. The lowest BCUT2D eigenvalue weighted by atomic mass is 10.1. The summed E-state index contributed by atoms with van der Waals surface area (Å²) in [6, 6.07) is 6.26. The first-order chi connectivity index (χ1) is 10.8. The molecule has 0 saturated carbocycles. The summed E-state index contributed by atoms with van der Waals surface area (Å²) in [7, 11) is 0. The molecule has 0 aromatic carbocycles. The van der Waals surface area contributed by atoms with Gasteiger partial charge >= 0.3 is 6.03 Å². The summed E-state index contributed by atoms with van der Waals surface area (Å²) in [4.78, 5) is 15.6. The molecule has 4 nitrogen and oxygen atoms in total. The molecule has 118 valence electrons. The van der Waals surface area contributed by atoms with E-state index in [9.17, 15) is 4.79 Å². The van der Waals surface area contributed by atoms with E-state index in [1.165, 1.54) is 4.88 Å². The van der Waals surface area contributed by atoms with Crippen molar-refractivity contribution >= 4 is 28.7 Å². The minimum Gasteiger partial charge on any atom is -0.370 e. The highest BCUT2D eigenvalue weighted by Gasteiger charge is 2.27. The number of ether oxygens (including phenoxy) is 1. The molecule has 0 bridgehead atoms. The molecule has 2 atom stereocenters. The van der Waals surface area contributed by atoms with Crippen molar-refractivity contribution in [2.75, 3.05) is 19.7 Å². The molecule has 1 N–H and O–H groups in total. The van der Waals surface area contributed by atoms with Crippen molar-refractivity contribution in [2.45, 2.75) is 25.5 Å². The number of amides is 2. The van der Waals surface area contributed by atoms with Gasteiger partial charge in [-0.3, -0.25) is 0 Å². The van der Waals surface area contributed by atoms with Crippen molar-refractivity contribution in [3.05, 3.63) is 44.8 Å².